The molecule has 0 aliphatic rings. The predicted octanol–water partition coefficient (Wildman–Crippen LogP) is 1.21. The van der Waals surface area contributed by atoms with Crippen molar-refractivity contribution in [2.45, 2.75) is 0 Å². The van der Waals surface area contributed by atoms with Crippen LogP contribution in [0.1, 0.15) is 0 Å². The topological polar surface area (TPSA) is 9.23 Å². The van der Waals surface area contributed by atoms with Gasteiger partial charge in [-0.05, 0) is 12.0 Å². The minimum absolute atomic E-state index is 0.693. The third-order valence-corrected chi connectivity index (χ3v) is 0.487. The number of hydrogen-bond donors (Lipinski definition) is 0. The van der Waals surface area contributed by atoms with E-state index in [9.17, 15) is 4.39 Å². The molecule has 0 amide bonds. The van der Waals surface area contributed by atoms with Crippen molar-refractivity contribution in [1.29, 1.82) is 0 Å². The van der Waals surface area contributed by atoms with Gasteiger partial charge in [0.1, 0.15) is 0 Å². The highest BCUT2D eigenvalue weighted by atomic mass is 32.2. The van der Waals surface area contributed by atoms with Crippen LogP contribution in [-0.2, 0) is 4.18 Å². The summed E-state index contributed by atoms with van der Waals surface area (Å²) in [5, 5.41) is 0. The SMILES string of the molecule is CSOCF. The highest BCUT2D eigenvalue weighted by Gasteiger charge is 1.68. The Labute approximate surface area is 34.7 Å². The first-order valence-electron chi connectivity index (χ1n) is 1.13. The van der Waals surface area contributed by atoms with Crippen LogP contribution < -0.4 is 0 Å². The summed E-state index contributed by atoms with van der Waals surface area (Å²) in [5.74, 6) is 0. The molecule has 0 atom stereocenters. The van der Waals surface area contributed by atoms with Crippen LogP contribution in [0.4, 0.5) is 4.39 Å². The molecule has 0 aromatic rings. The molecule has 0 saturated carbocycles. The molecule has 5 heavy (non-hydrogen) atoms. The number of halogens is 1. The molecular formula is C2H5FOS. The van der Waals surface area contributed by atoms with E-state index in [0.717, 1.165) is 12.0 Å². The largest absolute Gasteiger partial charge is 0.282 e. The zero-order valence-corrected chi connectivity index (χ0v) is 3.72. The summed E-state index contributed by atoms with van der Waals surface area (Å²) < 4.78 is 14.8. The van der Waals surface area contributed by atoms with E-state index in [1.165, 1.54) is 0 Å². The van der Waals surface area contributed by atoms with Crippen molar-refractivity contribution in [3.05, 3.63) is 0 Å². The zero-order valence-electron chi connectivity index (χ0n) is 2.90. The zero-order chi connectivity index (χ0) is 4.12. The van der Waals surface area contributed by atoms with E-state index in [2.05, 4.69) is 4.18 Å². The fourth-order valence-electron chi connectivity index (χ4n) is 0.0445. The number of alkyl halides is 1. The van der Waals surface area contributed by atoms with Crippen LogP contribution >= 0.6 is 12.0 Å². The van der Waals surface area contributed by atoms with Gasteiger partial charge in [0.05, 0.1) is 0 Å². The minimum atomic E-state index is -0.693. The normalized spacial score (nSPS) is 8.40. The van der Waals surface area contributed by atoms with Crippen LogP contribution in [-0.4, -0.2) is 13.1 Å². The van der Waals surface area contributed by atoms with Gasteiger partial charge in [-0.25, -0.2) is 4.39 Å². The van der Waals surface area contributed by atoms with Gasteiger partial charge in [0.2, 0.25) is 6.86 Å². The Morgan fingerprint density at radius 3 is 2.60 bits per heavy atom. The Bertz CT molecular complexity index is 17.1. The molecule has 32 valence electrons. The van der Waals surface area contributed by atoms with Crippen LogP contribution in [0, 0.1) is 0 Å². The average Bonchev–Trinajstić information content (AvgIpc) is 1.41. The summed E-state index contributed by atoms with van der Waals surface area (Å²) in [5.41, 5.74) is 0. The maximum absolute atomic E-state index is 10.8. The first-order chi connectivity index (χ1) is 2.41. The van der Waals surface area contributed by atoms with Crippen LogP contribution in [0.3, 0.4) is 0 Å². The summed E-state index contributed by atoms with van der Waals surface area (Å²) in [6, 6.07) is 0. The van der Waals surface area contributed by atoms with Crippen LogP contribution in [0.25, 0.3) is 0 Å². The molecule has 0 unspecified atom stereocenters. The minimum Gasteiger partial charge on any atom is -0.282 e. The standard InChI is InChI=1S/C2H5FOS/c1-5-4-2-3/h2H2,1H3. The van der Waals surface area contributed by atoms with E-state index in [4.69, 9.17) is 0 Å². The predicted molar refractivity (Wildman–Crippen MR) is 20.6 cm³/mol. The van der Waals surface area contributed by atoms with Crippen molar-refractivity contribution in [3.8, 4) is 0 Å². The molecule has 0 heterocycles. The maximum atomic E-state index is 10.8. The van der Waals surface area contributed by atoms with Crippen molar-refractivity contribution in [3.63, 3.8) is 0 Å². The Morgan fingerprint density at radius 1 is 2.00 bits per heavy atom. The molecule has 0 aliphatic heterocycles. The lowest BCUT2D eigenvalue weighted by Gasteiger charge is -1.81. The van der Waals surface area contributed by atoms with Gasteiger partial charge < -0.3 is 0 Å². The lowest BCUT2D eigenvalue weighted by Crippen LogP contribution is -1.68. The second kappa shape index (κ2) is 4.24. The first kappa shape index (κ1) is 5.24. The third-order valence-electron chi connectivity index (χ3n) is 0.162. The molecule has 0 fully saturated rings. The molecule has 0 rings (SSSR count). The van der Waals surface area contributed by atoms with E-state index in [1.54, 1.807) is 6.26 Å². The maximum Gasteiger partial charge on any atom is 0.201 e. The van der Waals surface area contributed by atoms with E-state index in [-0.39, 0.29) is 0 Å². The van der Waals surface area contributed by atoms with Crippen LogP contribution in [0.5, 0.6) is 0 Å². The Morgan fingerprint density at radius 2 is 2.60 bits per heavy atom. The van der Waals surface area contributed by atoms with Gasteiger partial charge in [-0.3, -0.25) is 4.18 Å². The fraction of sp³-hybridized carbons (Fsp3) is 1.00. The molecular weight excluding hydrogens is 91.1 g/mol. The molecule has 1 nitrogen and oxygen atoms in total. The van der Waals surface area contributed by atoms with Crippen molar-refractivity contribution in [2.75, 3.05) is 13.1 Å². The monoisotopic (exact) mass is 96.0 g/mol. The van der Waals surface area contributed by atoms with E-state index < -0.39 is 6.86 Å². The summed E-state index contributed by atoms with van der Waals surface area (Å²) >= 11 is 1.03. The second-order valence-electron chi connectivity index (χ2n) is 0.394. The molecule has 0 aliphatic carbocycles. The first-order valence-corrected chi connectivity index (χ1v) is 2.28. The van der Waals surface area contributed by atoms with Gasteiger partial charge in [0.25, 0.3) is 0 Å². The lowest BCUT2D eigenvalue weighted by atomic mass is 11.6. The van der Waals surface area contributed by atoms with Crippen molar-refractivity contribution >= 4 is 12.0 Å². The van der Waals surface area contributed by atoms with Crippen molar-refractivity contribution in [2.24, 2.45) is 0 Å². The van der Waals surface area contributed by atoms with E-state index >= 15 is 0 Å². The van der Waals surface area contributed by atoms with Gasteiger partial charge in [-0.1, -0.05) is 0 Å². The quantitative estimate of drug-likeness (QED) is 0.478. The van der Waals surface area contributed by atoms with E-state index in [0.29, 0.717) is 0 Å². The molecule has 0 aromatic heterocycles. The molecule has 0 aromatic carbocycles. The van der Waals surface area contributed by atoms with E-state index in [1.807, 2.05) is 0 Å². The van der Waals surface area contributed by atoms with Crippen LogP contribution in [0.2, 0.25) is 0 Å². The highest BCUT2D eigenvalue weighted by Crippen LogP contribution is 1.91. The summed E-state index contributed by atoms with van der Waals surface area (Å²) in [7, 11) is 0. The Balaban J connectivity index is 2.19. The third kappa shape index (κ3) is 4.24. The molecule has 0 radical (unpaired) electrons. The van der Waals surface area contributed by atoms with Gasteiger partial charge in [0, 0.05) is 6.26 Å². The molecule has 0 spiro atoms. The highest BCUT2D eigenvalue weighted by molar-refractivity contribution is 7.93. The van der Waals surface area contributed by atoms with Crippen LogP contribution in [0.15, 0.2) is 0 Å². The fourth-order valence-corrected chi connectivity index (χ4v) is 0.134. The smallest absolute Gasteiger partial charge is 0.201 e. The molecule has 0 saturated heterocycles. The second-order valence-corrected chi connectivity index (χ2v) is 0.963. The molecule has 3 heteroatoms. The molecule has 0 bridgehead atoms. The number of hydrogen-bond acceptors (Lipinski definition) is 2. The summed E-state index contributed by atoms with van der Waals surface area (Å²) in [6.45, 7) is -0.693. The average molecular weight is 96.1 g/mol. The van der Waals surface area contributed by atoms with Gasteiger partial charge in [-0.2, -0.15) is 0 Å². The summed E-state index contributed by atoms with van der Waals surface area (Å²) in [4.78, 5) is 0. The van der Waals surface area contributed by atoms with Gasteiger partial charge in [-0.15, -0.1) is 0 Å². The molecule has 0 N–H and O–H groups in total. The lowest BCUT2D eigenvalue weighted by molar-refractivity contribution is 0.226. The Hall–Kier alpha value is 0.240. The number of rotatable bonds is 2. The van der Waals surface area contributed by atoms with Crippen molar-refractivity contribution in [1.82, 2.24) is 0 Å². The van der Waals surface area contributed by atoms with Gasteiger partial charge in [0.15, 0.2) is 0 Å². The van der Waals surface area contributed by atoms with Gasteiger partial charge >= 0.3 is 0 Å². The van der Waals surface area contributed by atoms with Crippen molar-refractivity contribution < 1.29 is 8.57 Å². The summed E-state index contributed by atoms with van der Waals surface area (Å²) in [6.07, 6.45) is 1.67. The Kier molecular flexibility index (Phi) is 4.44.